The highest BCUT2D eigenvalue weighted by atomic mass is 32.1. The van der Waals surface area contributed by atoms with Gasteiger partial charge in [-0.05, 0) is 87.6 Å². The van der Waals surface area contributed by atoms with Crippen molar-refractivity contribution >= 4 is 45.7 Å². The number of aromatic nitrogens is 1. The average molecular weight is 459 g/mol. The Morgan fingerprint density at radius 2 is 1.79 bits per heavy atom. The number of carbonyl (C=O) groups excluding carboxylic acids is 1. The summed E-state index contributed by atoms with van der Waals surface area (Å²) in [6, 6.07) is 21.1. The van der Waals surface area contributed by atoms with Crippen molar-refractivity contribution in [2.24, 2.45) is 0 Å². The summed E-state index contributed by atoms with van der Waals surface area (Å²) in [7, 11) is 0. The van der Waals surface area contributed by atoms with Crippen LogP contribution >= 0.6 is 12.2 Å². The maximum absolute atomic E-state index is 12.4. The maximum Gasteiger partial charge on any atom is 0.257 e. The predicted molar refractivity (Wildman–Crippen MR) is 138 cm³/mol. The number of aryl methyl sites for hydroxylation is 1. The third-order valence-corrected chi connectivity index (χ3v) is 5.60. The number of carbonyl (C=O) groups is 1. The van der Waals surface area contributed by atoms with Gasteiger partial charge in [0.2, 0.25) is 5.89 Å². The van der Waals surface area contributed by atoms with E-state index in [0.29, 0.717) is 28.2 Å². The van der Waals surface area contributed by atoms with Gasteiger partial charge >= 0.3 is 0 Å². The lowest BCUT2D eigenvalue weighted by atomic mass is 10.1. The zero-order valence-electron chi connectivity index (χ0n) is 18.9. The lowest BCUT2D eigenvalue weighted by Gasteiger charge is -2.20. The largest absolute Gasteiger partial charge is 0.436 e. The first-order valence-electron chi connectivity index (χ1n) is 10.9. The summed E-state index contributed by atoms with van der Waals surface area (Å²) < 4.78 is 5.95. The number of amides is 1. The van der Waals surface area contributed by atoms with Gasteiger partial charge in [-0.3, -0.25) is 10.1 Å². The molecule has 1 heterocycles. The number of hydrogen-bond donors (Lipinski definition) is 2. The van der Waals surface area contributed by atoms with E-state index in [1.54, 1.807) is 6.07 Å². The molecule has 4 rings (SSSR count). The van der Waals surface area contributed by atoms with Crippen molar-refractivity contribution in [3.63, 3.8) is 0 Å². The molecule has 0 aliphatic rings. The Morgan fingerprint density at radius 3 is 2.48 bits per heavy atom. The number of nitrogens with zero attached hydrogens (tertiary/aromatic N) is 2. The molecule has 3 aromatic carbocycles. The SMILES string of the molecule is CCN(CC)c1ccc(-c2nc3cc(NC(=S)NC(=O)c4cccc(C)c4)ccc3o2)cc1. The van der Waals surface area contributed by atoms with Crippen LogP contribution in [-0.4, -0.2) is 29.1 Å². The second-order valence-electron chi connectivity index (χ2n) is 7.70. The van der Waals surface area contributed by atoms with E-state index in [1.165, 1.54) is 5.69 Å². The number of rotatable bonds is 6. The van der Waals surface area contributed by atoms with Gasteiger partial charge < -0.3 is 14.6 Å². The number of benzene rings is 3. The first kappa shape index (κ1) is 22.5. The van der Waals surface area contributed by atoms with E-state index in [9.17, 15) is 4.79 Å². The lowest BCUT2D eigenvalue weighted by molar-refractivity contribution is 0.0977. The van der Waals surface area contributed by atoms with Gasteiger partial charge in [0, 0.05) is 35.6 Å². The van der Waals surface area contributed by atoms with Gasteiger partial charge in [-0.1, -0.05) is 17.7 Å². The third-order valence-electron chi connectivity index (χ3n) is 5.40. The molecule has 0 spiro atoms. The summed E-state index contributed by atoms with van der Waals surface area (Å²) in [5, 5.41) is 5.97. The standard InChI is InChI=1S/C26H26N4O2S/c1-4-30(5-2)21-12-9-18(10-13-21)25-28-22-16-20(11-14-23(22)32-25)27-26(33)29-24(31)19-8-6-7-17(3)15-19/h6-16H,4-5H2,1-3H3,(H2,27,29,31,33). The molecule has 0 radical (unpaired) electrons. The van der Waals surface area contributed by atoms with Crippen LogP contribution in [0.1, 0.15) is 29.8 Å². The minimum atomic E-state index is -0.255. The lowest BCUT2D eigenvalue weighted by Crippen LogP contribution is -2.34. The topological polar surface area (TPSA) is 70.4 Å². The highest BCUT2D eigenvalue weighted by molar-refractivity contribution is 7.80. The second kappa shape index (κ2) is 9.83. The smallest absolute Gasteiger partial charge is 0.257 e. The molecule has 0 saturated heterocycles. The van der Waals surface area contributed by atoms with E-state index >= 15 is 0 Å². The molecule has 1 amide bonds. The molecular weight excluding hydrogens is 432 g/mol. The van der Waals surface area contributed by atoms with Gasteiger partial charge in [0.05, 0.1) is 0 Å². The Balaban J connectivity index is 1.46. The molecule has 33 heavy (non-hydrogen) atoms. The van der Waals surface area contributed by atoms with Gasteiger partial charge in [0.1, 0.15) is 5.52 Å². The van der Waals surface area contributed by atoms with Gasteiger partial charge in [0.15, 0.2) is 10.7 Å². The summed E-state index contributed by atoms with van der Waals surface area (Å²) >= 11 is 5.31. The Hall–Kier alpha value is -3.71. The van der Waals surface area contributed by atoms with Crippen molar-refractivity contribution in [2.75, 3.05) is 23.3 Å². The minimum Gasteiger partial charge on any atom is -0.436 e. The molecule has 168 valence electrons. The van der Waals surface area contributed by atoms with E-state index in [-0.39, 0.29) is 11.0 Å². The van der Waals surface area contributed by atoms with Crippen LogP contribution in [0, 0.1) is 6.92 Å². The molecule has 0 unspecified atom stereocenters. The summed E-state index contributed by atoms with van der Waals surface area (Å²) in [6.45, 7) is 8.14. The molecule has 7 heteroatoms. The number of hydrogen-bond acceptors (Lipinski definition) is 5. The van der Waals surface area contributed by atoms with Gasteiger partial charge in [-0.15, -0.1) is 0 Å². The summed E-state index contributed by atoms with van der Waals surface area (Å²) in [4.78, 5) is 19.3. The molecule has 4 aromatic rings. The normalized spacial score (nSPS) is 10.8. The van der Waals surface area contributed by atoms with Crippen LogP contribution < -0.4 is 15.5 Å². The first-order valence-corrected chi connectivity index (χ1v) is 11.3. The molecule has 0 atom stereocenters. The van der Waals surface area contributed by atoms with Gasteiger partial charge in [-0.25, -0.2) is 4.98 Å². The summed E-state index contributed by atoms with van der Waals surface area (Å²) in [5.74, 6) is 0.303. The molecule has 0 fully saturated rings. The number of nitrogens with one attached hydrogen (secondary N) is 2. The molecule has 1 aromatic heterocycles. The number of fused-ring (bicyclic) bond motifs is 1. The van der Waals surface area contributed by atoms with Crippen LogP contribution in [0.15, 0.2) is 71.1 Å². The van der Waals surface area contributed by atoms with Crippen LogP contribution in [0.3, 0.4) is 0 Å². The van der Waals surface area contributed by atoms with E-state index in [1.807, 2.05) is 55.5 Å². The summed E-state index contributed by atoms with van der Waals surface area (Å²) in [6.07, 6.45) is 0. The van der Waals surface area contributed by atoms with Crippen LogP contribution in [0.5, 0.6) is 0 Å². The molecular formula is C26H26N4O2S. The third kappa shape index (κ3) is 5.21. The Labute approximate surface area is 198 Å². The molecule has 0 aliphatic heterocycles. The fraction of sp³-hybridized carbons (Fsp3) is 0.192. The Kier molecular flexibility index (Phi) is 6.70. The van der Waals surface area contributed by atoms with Gasteiger partial charge in [0.25, 0.3) is 5.91 Å². The van der Waals surface area contributed by atoms with Crippen LogP contribution in [0.4, 0.5) is 11.4 Å². The van der Waals surface area contributed by atoms with Crippen molar-refractivity contribution in [3.8, 4) is 11.5 Å². The molecule has 0 bridgehead atoms. The fourth-order valence-corrected chi connectivity index (χ4v) is 3.87. The highest BCUT2D eigenvalue weighted by Crippen LogP contribution is 2.28. The van der Waals surface area contributed by atoms with Crippen molar-refractivity contribution in [1.82, 2.24) is 10.3 Å². The van der Waals surface area contributed by atoms with E-state index < -0.39 is 0 Å². The molecule has 6 nitrogen and oxygen atoms in total. The van der Waals surface area contributed by atoms with Gasteiger partial charge in [-0.2, -0.15) is 0 Å². The molecule has 0 saturated carbocycles. The Bertz CT molecular complexity index is 1290. The Morgan fingerprint density at radius 1 is 1.03 bits per heavy atom. The average Bonchev–Trinajstić information content (AvgIpc) is 3.23. The van der Waals surface area contributed by atoms with Crippen molar-refractivity contribution in [2.45, 2.75) is 20.8 Å². The van der Waals surface area contributed by atoms with Crippen LogP contribution in [0.25, 0.3) is 22.6 Å². The monoisotopic (exact) mass is 458 g/mol. The van der Waals surface area contributed by atoms with E-state index in [0.717, 1.165) is 24.2 Å². The predicted octanol–water partition coefficient (Wildman–Crippen LogP) is 5.78. The first-order chi connectivity index (χ1) is 16.0. The number of oxazole rings is 1. The van der Waals surface area contributed by atoms with Crippen molar-refractivity contribution in [1.29, 1.82) is 0 Å². The minimum absolute atomic E-state index is 0.219. The fourth-order valence-electron chi connectivity index (χ4n) is 3.66. The number of anilines is 2. The zero-order chi connectivity index (χ0) is 23.4. The zero-order valence-corrected chi connectivity index (χ0v) is 19.7. The molecule has 2 N–H and O–H groups in total. The molecule has 0 aliphatic carbocycles. The van der Waals surface area contributed by atoms with Crippen LogP contribution in [0.2, 0.25) is 0 Å². The second-order valence-corrected chi connectivity index (χ2v) is 8.11. The van der Waals surface area contributed by atoms with E-state index in [2.05, 4.69) is 46.5 Å². The van der Waals surface area contributed by atoms with Crippen molar-refractivity contribution in [3.05, 3.63) is 77.9 Å². The van der Waals surface area contributed by atoms with Crippen molar-refractivity contribution < 1.29 is 9.21 Å². The van der Waals surface area contributed by atoms with E-state index in [4.69, 9.17) is 16.6 Å². The highest BCUT2D eigenvalue weighted by Gasteiger charge is 2.12. The number of thiocarbonyl (C=S) groups is 1. The maximum atomic E-state index is 12.4. The summed E-state index contributed by atoms with van der Waals surface area (Å²) in [5.41, 5.74) is 5.76. The van der Waals surface area contributed by atoms with Crippen LogP contribution in [-0.2, 0) is 0 Å². The quantitative estimate of drug-likeness (QED) is 0.357.